The second-order valence-electron chi connectivity index (χ2n) is 3.93. The Labute approximate surface area is 102 Å². The van der Waals surface area contributed by atoms with Gasteiger partial charge in [-0.25, -0.2) is 5.84 Å². The minimum atomic E-state index is -0.280. The molecule has 1 rings (SSSR count). The van der Waals surface area contributed by atoms with Crippen LogP contribution in [0, 0.1) is 0 Å². The molecule has 0 fully saturated rings. The van der Waals surface area contributed by atoms with Crippen molar-refractivity contribution in [3.05, 3.63) is 35.4 Å². The summed E-state index contributed by atoms with van der Waals surface area (Å²) < 4.78 is 5.53. The molecule has 0 saturated carbocycles. The molecule has 0 radical (unpaired) electrons. The molecule has 3 N–H and O–H groups in total. The first-order valence-electron chi connectivity index (χ1n) is 5.95. The predicted molar refractivity (Wildman–Crippen MR) is 67.3 cm³/mol. The van der Waals surface area contributed by atoms with Crippen molar-refractivity contribution in [2.24, 2.45) is 5.84 Å². The van der Waals surface area contributed by atoms with Crippen LogP contribution in [0.4, 0.5) is 0 Å². The quantitative estimate of drug-likeness (QED) is 0.329. The molecule has 0 spiro atoms. The van der Waals surface area contributed by atoms with Crippen LogP contribution in [-0.2, 0) is 11.3 Å². The molecule has 1 amide bonds. The smallest absolute Gasteiger partial charge is 0.265 e. The van der Waals surface area contributed by atoms with Crippen LogP contribution in [0.15, 0.2) is 24.3 Å². The highest BCUT2D eigenvalue weighted by Crippen LogP contribution is 2.07. The van der Waals surface area contributed by atoms with Crippen molar-refractivity contribution in [2.45, 2.75) is 32.8 Å². The lowest BCUT2D eigenvalue weighted by Crippen LogP contribution is -2.29. The van der Waals surface area contributed by atoms with Crippen LogP contribution in [0.2, 0.25) is 0 Å². The Kier molecular flexibility index (Phi) is 6.29. The molecule has 0 saturated heterocycles. The Morgan fingerprint density at radius 3 is 2.94 bits per heavy atom. The molecule has 17 heavy (non-hydrogen) atoms. The molecule has 0 aliphatic rings. The molecule has 4 heteroatoms. The number of hydrogen-bond donors (Lipinski definition) is 2. The summed E-state index contributed by atoms with van der Waals surface area (Å²) in [7, 11) is 0. The van der Waals surface area contributed by atoms with Crippen molar-refractivity contribution in [1.82, 2.24) is 5.43 Å². The number of nitrogens with one attached hydrogen (secondary N) is 1. The fraction of sp³-hybridized carbons (Fsp3) is 0.462. The number of carbonyl (C=O) groups excluding carboxylic acids is 1. The number of benzene rings is 1. The van der Waals surface area contributed by atoms with E-state index < -0.39 is 0 Å². The molecule has 0 atom stereocenters. The van der Waals surface area contributed by atoms with Crippen LogP contribution in [0.1, 0.15) is 42.1 Å². The molecule has 0 bridgehead atoms. The van der Waals surface area contributed by atoms with Crippen LogP contribution in [0.3, 0.4) is 0 Å². The van der Waals surface area contributed by atoms with Gasteiger partial charge in [0.15, 0.2) is 0 Å². The number of ether oxygens (including phenoxy) is 1. The molecular formula is C13H20N2O2. The molecule has 4 nitrogen and oxygen atoms in total. The topological polar surface area (TPSA) is 64.3 Å². The highest BCUT2D eigenvalue weighted by Gasteiger charge is 2.03. The highest BCUT2D eigenvalue weighted by atomic mass is 16.5. The molecule has 0 unspecified atom stereocenters. The van der Waals surface area contributed by atoms with Crippen LogP contribution in [0.25, 0.3) is 0 Å². The summed E-state index contributed by atoms with van der Waals surface area (Å²) >= 11 is 0. The van der Waals surface area contributed by atoms with Gasteiger partial charge in [0.1, 0.15) is 0 Å². The van der Waals surface area contributed by atoms with Gasteiger partial charge in [-0.1, -0.05) is 31.9 Å². The maximum Gasteiger partial charge on any atom is 0.265 e. The summed E-state index contributed by atoms with van der Waals surface area (Å²) in [4.78, 5) is 11.3. The Hall–Kier alpha value is -1.39. The maximum absolute atomic E-state index is 11.3. The number of nitrogens with two attached hydrogens (primary N) is 1. The second-order valence-corrected chi connectivity index (χ2v) is 3.93. The Morgan fingerprint density at radius 1 is 1.41 bits per heavy atom. The molecule has 0 aliphatic heterocycles. The fourth-order valence-electron chi connectivity index (χ4n) is 1.53. The molecule has 0 heterocycles. The third-order valence-corrected chi connectivity index (χ3v) is 2.48. The van der Waals surface area contributed by atoms with E-state index in [4.69, 9.17) is 10.6 Å². The van der Waals surface area contributed by atoms with E-state index in [1.165, 1.54) is 12.8 Å². The van der Waals surface area contributed by atoms with E-state index in [1.807, 2.05) is 12.1 Å². The highest BCUT2D eigenvalue weighted by molar-refractivity contribution is 5.93. The van der Waals surface area contributed by atoms with Crippen LogP contribution in [-0.4, -0.2) is 12.5 Å². The van der Waals surface area contributed by atoms with Crippen molar-refractivity contribution in [2.75, 3.05) is 6.61 Å². The standard InChI is InChI=1S/C13H20N2O2/c1-2-3-4-8-17-10-11-6-5-7-12(9-11)13(16)15-14/h5-7,9H,2-4,8,10,14H2,1H3,(H,15,16). The van der Waals surface area contributed by atoms with Gasteiger partial charge in [0.2, 0.25) is 0 Å². The average Bonchev–Trinajstić information content (AvgIpc) is 2.38. The van der Waals surface area contributed by atoms with Crippen molar-refractivity contribution >= 4 is 5.91 Å². The largest absolute Gasteiger partial charge is 0.377 e. The first-order chi connectivity index (χ1) is 8.27. The van der Waals surface area contributed by atoms with Gasteiger partial charge in [0.05, 0.1) is 6.61 Å². The number of nitrogen functional groups attached to an aromatic ring is 1. The Balaban J connectivity index is 2.40. The van der Waals surface area contributed by atoms with Crippen LogP contribution in [0.5, 0.6) is 0 Å². The lowest BCUT2D eigenvalue weighted by molar-refractivity contribution is 0.0952. The fourth-order valence-corrected chi connectivity index (χ4v) is 1.53. The number of amides is 1. The molecule has 0 aromatic heterocycles. The van der Waals surface area contributed by atoms with E-state index in [9.17, 15) is 4.79 Å². The van der Waals surface area contributed by atoms with Gasteiger partial charge in [-0.2, -0.15) is 0 Å². The van der Waals surface area contributed by atoms with Gasteiger partial charge in [-0.05, 0) is 24.1 Å². The zero-order valence-corrected chi connectivity index (χ0v) is 10.2. The van der Waals surface area contributed by atoms with E-state index in [0.29, 0.717) is 12.2 Å². The second kappa shape index (κ2) is 7.81. The number of rotatable bonds is 7. The Bertz CT molecular complexity index is 353. The number of hydrazine groups is 1. The summed E-state index contributed by atoms with van der Waals surface area (Å²) in [5, 5.41) is 0. The van der Waals surface area contributed by atoms with Crippen LogP contribution < -0.4 is 11.3 Å². The summed E-state index contributed by atoms with van der Waals surface area (Å²) in [5.74, 6) is 4.80. The SMILES string of the molecule is CCCCCOCc1cccc(C(=O)NN)c1. The molecule has 94 valence electrons. The third kappa shape index (κ3) is 4.97. The van der Waals surface area contributed by atoms with E-state index in [0.717, 1.165) is 18.6 Å². The first kappa shape index (κ1) is 13.7. The molecular weight excluding hydrogens is 216 g/mol. The summed E-state index contributed by atoms with van der Waals surface area (Å²) in [6.45, 7) is 3.46. The number of carbonyl (C=O) groups is 1. The van der Waals surface area contributed by atoms with E-state index in [1.54, 1.807) is 12.1 Å². The van der Waals surface area contributed by atoms with Crippen molar-refractivity contribution < 1.29 is 9.53 Å². The summed E-state index contributed by atoms with van der Waals surface area (Å²) in [5.41, 5.74) is 3.66. The van der Waals surface area contributed by atoms with Gasteiger partial charge in [-0.15, -0.1) is 0 Å². The van der Waals surface area contributed by atoms with Crippen molar-refractivity contribution in [1.29, 1.82) is 0 Å². The van der Waals surface area contributed by atoms with Crippen molar-refractivity contribution in [3.8, 4) is 0 Å². The number of hydrogen-bond acceptors (Lipinski definition) is 3. The van der Waals surface area contributed by atoms with Gasteiger partial charge in [0, 0.05) is 12.2 Å². The summed E-state index contributed by atoms with van der Waals surface area (Å²) in [6, 6.07) is 7.28. The van der Waals surface area contributed by atoms with Crippen LogP contribution >= 0.6 is 0 Å². The predicted octanol–water partition coefficient (Wildman–Crippen LogP) is 2.00. The number of unbranched alkanes of at least 4 members (excludes halogenated alkanes) is 2. The minimum Gasteiger partial charge on any atom is -0.377 e. The zero-order valence-electron chi connectivity index (χ0n) is 10.2. The van der Waals surface area contributed by atoms with Gasteiger partial charge in [-0.3, -0.25) is 10.2 Å². The monoisotopic (exact) mass is 236 g/mol. The molecule has 0 aliphatic carbocycles. The van der Waals surface area contributed by atoms with Gasteiger partial charge < -0.3 is 4.74 Å². The molecule has 1 aromatic rings. The van der Waals surface area contributed by atoms with Gasteiger partial charge >= 0.3 is 0 Å². The average molecular weight is 236 g/mol. The van der Waals surface area contributed by atoms with Gasteiger partial charge in [0.25, 0.3) is 5.91 Å². The Morgan fingerprint density at radius 2 is 2.24 bits per heavy atom. The van der Waals surface area contributed by atoms with Crippen molar-refractivity contribution in [3.63, 3.8) is 0 Å². The van der Waals surface area contributed by atoms with E-state index in [2.05, 4.69) is 12.3 Å². The zero-order chi connectivity index (χ0) is 12.5. The van der Waals surface area contributed by atoms with E-state index in [-0.39, 0.29) is 5.91 Å². The molecule has 1 aromatic carbocycles. The lowest BCUT2D eigenvalue weighted by atomic mass is 10.1. The third-order valence-electron chi connectivity index (χ3n) is 2.48. The van der Waals surface area contributed by atoms with E-state index >= 15 is 0 Å². The first-order valence-corrected chi connectivity index (χ1v) is 5.95. The summed E-state index contributed by atoms with van der Waals surface area (Å²) in [6.07, 6.45) is 3.46. The lowest BCUT2D eigenvalue weighted by Gasteiger charge is -2.05. The normalized spacial score (nSPS) is 10.2. The minimum absolute atomic E-state index is 0.280. The maximum atomic E-state index is 11.3.